The molecule has 0 spiro atoms. The summed E-state index contributed by atoms with van der Waals surface area (Å²) in [6.07, 6.45) is 2.18. The highest BCUT2D eigenvalue weighted by Gasteiger charge is 2.57. The topological polar surface area (TPSA) is 43.4 Å². The van der Waals surface area contributed by atoms with Crippen LogP contribution in [-0.2, 0) is 14.3 Å². The minimum Gasteiger partial charge on any atom is -0.462 e. The van der Waals surface area contributed by atoms with Gasteiger partial charge in [0, 0.05) is 0 Å². The molecule has 0 aromatic rings. The molecule has 3 fully saturated rings. The number of esters is 1. The maximum Gasteiger partial charge on any atom is 0.313 e. The second-order valence-electron chi connectivity index (χ2n) is 6.36. The largest absolute Gasteiger partial charge is 0.462 e. The molecule has 3 rings (SSSR count). The predicted molar refractivity (Wildman–Crippen MR) is 64.3 cm³/mol. The fourth-order valence-electron chi connectivity index (χ4n) is 3.67. The van der Waals surface area contributed by atoms with E-state index in [1.807, 2.05) is 0 Å². The van der Waals surface area contributed by atoms with Crippen molar-refractivity contribution in [2.24, 2.45) is 23.2 Å². The van der Waals surface area contributed by atoms with Gasteiger partial charge in [0.1, 0.15) is 18.3 Å². The number of ketones is 1. The number of rotatable bonds is 3. The van der Waals surface area contributed by atoms with E-state index < -0.39 is 0 Å². The highest BCUT2D eigenvalue weighted by molar-refractivity contribution is 5.94. The fourth-order valence-corrected chi connectivity index (χ4v) is 3.67. The van der Waals surface area contributed by atoms with Gasteiger partial charge >= 0.3 is 5.97 Å². The number of Topliss-reactive ketones (excluding diaryl/α,β-unsaturated/α-hetero) is 1. The second-order valence-corrected chi connectivity index (χ2v) is 6.36. The molecule has 3 aliphatic rings. The summed E-state index contributed by atoms with van der Waals surface area (Å²) in [5.41, 5.74) is 0.406. The van der Waals surface area contributed by atoms with Crippen LogP contribution < -0.4 is 0 Å². The Morgan fingerprint density at radius 1 is 1.29 bits per heavy atom. The zero-order valence-corrected chi connectivity index (χ0v) is 11.2. The smallest absolute Gasteiger partial charge is 0.313 e. The Morgan fingerprint density at radius 2 is 1.94 bits per heavy atom. The molecule has 0 amide bonds. The van der Waals surface area contributed by atoms with E-state index >= 15 is 0 Å². The highest BCUT2D eigenvalue weighted by Crippen LogP contribution is 2.61. The Balaban J connectivity index is 1.93. The average molecular weight is 238 g/mol. The molecular formula is C14H22O3. The van der Waals surface area contributed by atoms with Crippen LogP contribution in [0.3, 0.4) is 0 Å². The van der Waals surface area contributed by atoms with Crippen LogP contribution in [0.1, 0.15) is 47.0 Å². The van der Waals surface area contributed by atoms with Crippen molar-refractivity contribution in [3.05, 3.63) is 0 Å². The zero-order chi connectivity index (χ0) is 12.8. The predicted octanol–water partition coefficient (Wildman–Crippen LogP) is 2.58. The Morgan fingerprint density at radius 3 is 2.41 bits per heavy atom. The molecule has 0 aromatic carbocycles. The van der Waals surface area contributed by atoms with Crippen LogP contribution in [0.5, 0.6) is 0 Å². The third-order valence-corrected chi connectivity index (χ3v) is 4.96. The van der Waals surface area contributed by atoms with Gasteiger partial charge < -0.3 is 4.74 Å². The summed E-state index contributed by atoms with van der Waals surface area (Å²) in [6, 6.07) is 0. The van der Waals surface area contributed by atoms with Crippen molar-refractivity contribution in [1.82, 2.24) is 0 Å². The van der Waals surface area contributed by atoms with Crippen molar-refractivity contribution in [2.45, 2.75) is 53.1 Å². The molecule has 0 aromatic heterocycles. The Hall–Kier alpha value is -0.860. The normalized spacial score (nSPS) is 38.1. The Bertz CT molecular complexity index is 345. The molecule has 2 unspecified atom stereocenters. The molecule has 3 heteroatoms. The summed E-state index contributed by atoms with van der Waals surface area (Å²) >= 11 is 0. The van der Waals surface area contributed by atoms with Gasteiger partial charge in [0.05, 0.1) is 0 Å². The maximum absolute atomic E-state index is 11.5. The molecule has 0 N–H and O–H groups in total. The molecule has 0 saturated heterocycles. The monoisotopic (exact) mass is 238 g/mol. The van der Waals surface area contributed by atoms with Crippen LogP contribution in [-0.4, -0.2) is 17.9 Å². The lowest BCUT2D eigenvalue weighted by atomic mass is 9.45. The number of carbonyl (C=O) groups is 2. The lowest BCUT2D eigenvalue weighted by Crippen LogP contribution is -2.57. The van der Waals surface area contributed by atoms with Crippen LogP contribution in [0.25, 0.3) is 0 Å². The molecule has 3 aliphatic carbocycles. The van der Waals surface area contributed by atoms with E-state index in [1.165, 1.54) is 13.3 Å². The number of fused-ring (bicyclic) bond motifs is 2. The minimum absolute atomic E-state index is 0.0265. The zero-order valence-electron chi connectivity index (χ0n) is 11.2. The molecule has 0 aliphatic heterocycles. The fraction of sp³-hybridized carbons (Fsp3) is 0.857. The molecule has 3 nitrogen and oxygen atoms in total. The van der Waals surface area contributed by atoms with Crippen molar-refractivity contribution < 1.29 is 14.3 Å². The lowest BCUT2D eigenvalue weighted by molar-refractivity contribution is -0.186. The van der Waals surface area contributed by atoms with Gasteiger partial charge in [0.25, 0.3) is 0 Å². The van der Waals surface area contributed by atoms with Gasteiger partial charge in [-0.15, -0.1) is 0 Å². The van der Waals surface area contributed by atoms with E-state index in [1.54, 1.807) is 0 Å². The van der Waals surface area contributed by atoms with Crippen molar-refractivity contribution in [1.29, 1.82) is 0 Å². The molecular weight excluding hydrogens is 216 g/mol. The SMILES string of the molecule is CC(=O)CC(=O)O[C@@H]1CC2CC([C@H]1C)C2(C)C. The Kier molecular flexibility index (Phi) is 3.04. The summed E-state index contributed by atoms with van der Waals surface area (Å²) in [7, 11) is 0. The van der Waals surface area contributed by atoms with E-state index in [0.717, 1.165) is 6.42 Å². The van der Waals surface area contributed by atoms with Crippen LogP contribution in [0.2, 0.25) is 0 Å². The average Bonchev–Trinajstić information content (AvgIpc) is 2.18. The second kappa shape index (κ2) is 4.11. The molecule has 17 heavy (non-hydrogen) atoms. The van der Waals surface area contributed by atoms with Crippen LogP contribution in [0.4, 0.5) is 0 Å². The molecule has 0 heterocycles. The molecule has 4 atom stereocenters. The number of ether oxygens (including phenoxy) is 1. The molecule has 0 radical (unpaired) electrons. The highest BCUT2D eigenvalue weighted by atomic mass is 16.5. The number of hydrogen-bond donors (Lipinski definition) is 0. The Labute approximate surface area is 103 Å². The van der Waals surface area contributed by atoms with Gasteiger partial charge in [-0.3, -0.25) is 9.59 Å². The first-order valence-corrected chi connectivity index (χ1v) is 6.51. The van der Waals surface area contributed by atoms with E-state index in [0.29, 0.717) is 23.2 Å². The van der Waals surface area contributed by atoms with Crippen molar-refractivity contribution in [2.75, 3.05) is 0 Å². The summed E-state index contributed by atoms with van der Waals surface area (Å²) < 4.78 is 5.45. The maximum atomic E-state index is 11.5. The summed E-state index contributed by atoms with van der Waals surface area (Å²) in [5.74, 6) is 1.29. The lowest BCUT2D eigenvalue weighted by Gasteiger charge is -2.61. The van der Waals surface area contributed by atoms with E-state index in [2.05, 4.69) is 20.8 Å². The van der Waals surface area contributed by atoms with E-state index in [-0.39, 0.29) is 24.3 Å². The van der Waals surface area contributed by atoms with Crippen molar-refractivity contribution >= 4 is 11.8 Å². The van der Waals surface area contributed by atoms with Gasteiger partial charge in [0.15, 0.2) is 0 Å². The summed E-state index contributed by atoms with van der Waals surface area (Å²) in [6.45, 7) is 8.23. The third-order valence-electron chi connectivity index (χ3n) is 4.96. The van der Waals surface area contributed by atoms with Crippen molar-refractivity contribution in [3.63, 3.8) is 0 Å². The summed E-state index contributed by atoms with van der Waals surface area (Å²) in [5, 5.41) is 0. The minimum atomic E-state index is -0.353. The quantitative estimate of drug-likeness (QED) is 0.560. The first-order chi connectivity index (χ1) is 7.82. The van der Waals surface area contributed by atoms with Crippen LogP contribution in [0, 0.1) is 23.2 Å². The molecule has 96 valence electrons. The van der Waals surface area contributed by atoms with Crippen molar-refractivity contribution in [3.8, 4) is 0 Å². The van der Waals surface area contributed by atoms with Gasteiger partial charge in [-0.2, -0.15) is 0 Å². The summed E-state index contributed by atoms with van der Waals surface area (Å²) in [4.78, 5) is 22.4. The first kappa shape index (κ1) is 12.6. The standard InChI is InChI=1S/C14H22O3/c1-8(15)5-13(16)17-12-7-10-6-11(9(12)2)14(10,3)4/h9-12H,5-7H2,1-4H3/t9-,10?,11?,12-/m1/s1. The molecule has 3 saturated carbocycles. The van der Waals surface area contributed by atoms with E-state index in [9.17, 15) is 9.59 Å². The van der Waals surface area contributed by atoms with Crippen LogP contribution in [0.15, 0.2) is 0 Å². The number of carbonyl (C=O) groups excluding carboxylic acids is 2. The number of hydrogen-bond acceptors (Lipinski definition) is 3. The molecule has 2 bridgehead atoms. The third kappa shape index (κ3) is 2.12. The van der Waals surface area contributed by atoms with Crippen LogP contribution >= 0.6 is 0 Å². The van der Waals surface area contributed by atoms with Gasteiger partial charge in [-0.05, 0) is 42.9 Å². The van der Waals surface area contributed by atoms with Gasteiger partial charge in [-0.25, -0.2) is 0 Å². The van der Waals surface area contributed by atoms with Gasteiger partial charge in [0.2, 0.25) is 0 Å². The van der Waals surface area contributed by atoms with Gasteiger partial charge in [-0.1, -0.05) is 20.8 Å². The van der Waals surface area contributed by atoms with E-state index in [4.69, 9.17) is 4.74 Å². The first-order valence-electron chi connectivity index (χ1n) is 6.51.